The number of sulfonamides is 1. The van der Waals surface area contributed by atoms with Crippen molar-refractivity contribution in [1.82, 2.24) is 14.5 Å². The minimum absolute atomic E-state index is 0.248. The Kier molecular flexibility index (Phi) is 5.31. The molecule has 0 aliphatic rings. The topological polar surface area (TPSA) is 64.0 Å². The Hall–Kier alpha value is -2.44. The number of aromatic nitrogens is 2. The zero-order valence-electron chi connectivity index (χ0n) is 14.1. The summed E-state index contributed by atoms with van der Waals surface area (Å²) in [6.07, 6.45) is 5.57. The SMILES string of the molecule is CCCc1ccc(S(=O)(=O)NCc2ccc(-n3cccn3)cc2)cc1. The lowest BCUT2D eigenvalue weighted by Crippen LogP contribution is -2.23. The molecule has 6 heteroatoms. The molecule has 130 valence electrons. The highest BCUT2D eigenvalue weighted by molar-refractivity contribution is 7.89. The summed E-state index contributed by atoms with van der Waals surface area (Å²) in [5, 5.41) is 4.17. The lowest BCUT2D eigenvalue weighted by atomic mass is 10.1. The van der Waals surface area contributed by atoms with Crippen molar-refractivity contribution in [2.45, 2.75) is 31.2 Å². The summed E-state index contributed by atoms with van der Waals surface area (Å²) in [6.45, 7) is 2.35. The molecule has 0 amide bonds. The monoisotopic (exact) mass is 355 g/mol. The normalized spacial score (nSPS) is 11.6. The van der Waals surface area contributed by atoms with Crippen LogP contribution in [0.2, 0.25) is 0 Å². The molecule has 0 radical (unpaired) electrons. The number of nitrogens with one attached hydrogen (secondary N) is 1. The Balaban J connectivity index is 1.65. The molecule has 0 bridgehead atoms. The van der Waals surface area contributed by atoms with Gasteiger partial charge in [0.05, 0.1) is 10.6 Å². The van der Waals surface area contributed by atoms with Crippen LogP contribution in [0.5, 0.6) is 0 Å². The zero-order valence-corrected chi connectivity index (χ0v) is 14.9. The van der Waals surface area contributed by atoms with Crippen molar-refractivity contribution in [1.29, 1.82) is 0 Å². The predicted octanol–water partition coefficient (Wildman–Crippen LogP) is 3.30. The van der Waals surface area contributed by atoms with Gasteiger partial charge in [0.2, 0.25) is 10.0 Å². The third kappa shape index (κ3) is 4.35. The van der Waals surface area contributed by atoms with Gasteiger partial charge in [0.25, 0.3) is 0 Å². The molecule has 3 aromatic rings. The van der Waals surface area contributed by atoms with E-state index in [4.69, 9.17) is 0 Å². The van der Waals surface area contributed by atoms with Crippen molar-refractivity contribution >= 4 is 10.0 Å². The van der Waals surface area contributed by atoms with E-state index in [1.54, 1.807) is 23.0 Å². The summed E-state index contributed by atoms with van der Waals surface area (Å²) in [6, 6.07) is 16.5. The highest BCUT2D eigenvalue weighted by atomic mass is 32.2. The maximum absolute atomic E-state index is 12.4. The molecular weight excluding hydrogens is 334 g/mol. The van der Waals surface area contributed by atoms with Crippen LogP contribution < -0.4 is 4.72 Å². The average Bonchev–Trinajstić information content (AvgIpc) is 3.16. The van der Waals surface area contributed by atoms with E-state index in [9.17, 15) is 8.42 Å². The van der Waals surface area contributed by atoms with Crippen LogP contribution in [0, 0.1) is 0 Å². The van der Waals surface area contributed by atoms with E-state index in [0.717, 1.165) is 29.7 Å². The summed E-state index contributed by atoms with van der Waals surface area (Å²) < 4.78 is 29.2. The first-order valence-corrected chi connectivity index (χ1v) is 9.74. The Morgan fingerprint density at radius 2 is 1.68 bits per heavy atom. The molecule has 0 aliphatic carbocycles. The van der Waals surface area contributed by atoms with E-state index in [2.05, 4.69) is 16.7 Å². The largest absolute Gasteiger partial charge is 0.241 e. The molecule has 1 heterocycles. The maximum atomic E-state index is 12.4. The molecule has 0 unspecified atom stereocenters. The fraction of sp³-hybridized carbons (Fsp3) is 0.211. The molecule has 3 rings (SSSR count). The van der Waals surface area contributed by atoms with Crippen LogP contribution in [0.15, 0.2) is 71.9 Å². The summed E-state index contributed by atoms with van der Waals surface area (Å²) >= 11 is 0. The summed E-state index contributed by atoms with van der Waals surface area (Å²) in [5.41, 5.74) is 2.97. The minimum atomic E-state index is -3.51. The lowest BCUT2D eigenvalue weighted by molar-refractivity contribution is 0.581. The second-order valence-corrected chi connectivity index (χ2v) is 7.60. The number of nitrogens with zero attached hydrogens (tertiary/aromatic N) is 2. The molecule has 1 N–H and O–H groups in total. The molecule has 25 heavy (non-hydrogen) atoms. The molecule has 2 aromatic carbocycles. The molecule has 0 saturated carbocycles. The lowest BCUT2D eigenvalue weighted by Gasteiger charge is -2.08. The van der Waals surface area contributed by atoms with Crippen LogP contribution in [0.1, 0.15) is 24.5 Å². The van der Waals surface area contributed by atoms with Gasteiger partial charge in [-0.2, -0.15) is 5.10 Å². The van der Waals surface area contributed by atoms with Crippen LogP contribution in [-0.4, -0.2) is 18.2 Å². The van der Waals surface area contributed by atoms with Gasteiger partial charge in [0.1, 0.15) is 0 Å². The maximum Gasteiger partial charge on any atom is 0.240 e. The van der Waals surface area contributed by atoms with Gasteiger partial charge >= 0.3 is 0 Å². The van der Waals surface area contributed by atoms with Crippen molar-refractivity contribution in [3.05, 3.63) is 78.1 Å². The number of hydrogen-bond acceptors (Lipinski definition) is 3. The third-order valence-electron chi connectivity index (χ3n) is 3.94. The van der Waals surface area contributed by atoms with Crippen molar-refractivity contribution in [3.8, 4) is 5.69 Å². The first-order valence-electron chi connectivity index (χ1n) is 8.26. The smallest absolute Gasteiger partial charge is 0.240 e. The Morgan fingerprint density at radius 3 is 2.28 bits per heavy atom. The standard InChI is InChI=1S/C19H21N3O2S/c1-2-4-16-7-11-19(12-8-16)25(23,24)21-15-17-5-9-18(10-6-17)22-14-3-13-20-22/h3,5-14,21H,2,4,15H2,1H3. The second-order valence-electron chi connectivity index (χ2n) is 5.84. The van der Waals surface area contributed by atoms with Crippen LogP contribution in [0.3, 0.4) is 0 Å². The van der Waals surface area contributed by atoms with Crippen molar-refractivity contribution in [2.24, 2.45) is 0 Å². The van der Waals surface area contributed by atoms with E-state index in [1.165, 1.54) is 0 Å². The van der Waals surface area contributed by atoms with Crippen LogP contribution in [-0.2, 0) is 23.0 Å². The first kappa shape index (κ1) is 17.4. The summed E-state index contributed by atoms with van der Waals surface area (Å²) in [7, 11) is -3.51. The fourth-order valence-corrected chi connectivity index (χ4v) is 3.59. The predicted molar refractivity (Wildman–Crippen MR) is 98.0 cm³/mol. The number of aryl methyl sites for hydroxylation is 1. The van der Waals surface area contributed by atoms with Crippen LogP contribution >= 0.6 is 0 Å². The minimum Gasteiger partial charge on any atom is -0.241 e. The fourth-order valence-electron chi connectivity index (χ4n) is 2.57. The Labute approximate surface area is 148 Å². The van der Waals surface area contributed by atoms with Gasteiger partial charge in [0, 0.05) is 18.9 Å². The van der Waals surface area contributed by atoms with Crippen LogP contribution in [0.25, 0.3) is 5.69 Å². The molecule has 1 aromatic heterocycles. The Bertz CT molecular complexity index is 900. The second kappa shape index (κ2) is 7.63. The van der Waals surface area contributed by atoms with Gasteiger partial charge in [-0.1, -0.05) is 37.6 Å². The number of hydrogen-bond donors (Lipinski definition) is 1. The van der Waals surface area contributed by atoms with Gasteiger partial charge in [-0.3, -0.25) is 0 Å². The van der Waals surface area contributed by atoms with E-state index in [0.29, 0.717) is 4.90 Å². The van der Waals surface area contributed by atoms with E-state index in [-0.39, 0.29) is 6.54 Å². The van der Waals surface area contributed by atoms with E-state index in [1.807, 2.05) is 48.7 Å². The highest BCUT2D eigenvalue weighted by Crippen LogP contribution is 2.13. The van der Waals surface area contributed by atoms with Crippen LogP contribution in [0.4, 0.5) is 0 Å². The van der Waals surface area contributed by atoms with Crippen molar-refractivity contribution in [3.63, 3.8) is 0 Å². The van der Waals surface area contributed by atoms with E-state index >= 15 is 0 Å². The zero-order chi connectivity index (χ0) is 17.7. The van der Waals surface area contributed by atoms with Gasteiger partial charge in [0.15, 0.2) is 0 Å². The Morgan fingerprint density at radius 1 is 1.00 bits per heavy atom. The van der Waals surface area contributed by atoms with Gasteiger partial charge in [-0.05, 0) is 47.9 Å². The molecule has 0 fully saturated rings. The molecule has 0 saturated heterocycles. The average molecular weight is 355 g/mol. The molecule has 0 aliphatic heterocycles. The molecular formula is C19H21N3O2S. The van der Waals surface area contributed by atoms with Crippen molar-refractivity contribution < 1.29 is 8.42 Å². The van der Waals surface area contributed by atoms with Gasteiger partial charge in [-0.15, -0.1) is 0 Å². The van der Waals surface area contributed by atoms with Crippen molar-refractivity contribution in [2.75, 3.05) is 0 Å². The number of rotatable bonds is 7. The third-order valence-corrected chi connectivity index (χ3v) is 5.36. The van der Waals surface area contributed by atoms with E-state index < -0.39 is 10.0 Å². The van der Waals surface area contributed by atoms with Gasteiger partial charge in [-0.25, -0.2) is 17.8 Å². The summed E-state index contributed by atoms with van der Waals surface area (Å²) in [4.78, 5) is 0.292. The first-order chi connectivity index (χ1) is 12.1. The molecule has 5 nitrogen and oxygen atoms in total. The highest BCUT2D eigenvalue weighted by Gasteiger charge is 2.13. The summed E-state index contributed by atoms with van der Waals surface area (Å²) in [5.74, 6) is 0. The number of benzene rings is 2. The van der Waals surface area contributed by atoms with Gasteiger partial charge < -0.3 is 0 Å². The molecule has 0 spiro atoms. The quantitative estimate of drug-likeness (QED) is 0.707. The molecule has 0 atom stereocenters.